The van der Waals surface area contributed by atoms with Gasteiger partial charge in [0.05, 0.1) is 6.61 Å². The average molecular weight is 292 g/mol. The standard InChI is InChI=1S/C6H14O9P2/c1-12-17(10,11)14-4-6-5(2-3-13-6)15-16(7,8)9/h5-6H,2-4H2,1H3,(H,10,11)(H2,7,8,9)/t5?,6-/m1/s1. The summed E-state index contributed by atoms with van der Waals surface area (Å²) in [4.78, 5) is 26.2. The third kappa shape index (κ3) is 5.56. The van der Waals surface area contributed by atoms with Crippen molar-refractivity contribution in [1.29, 1.82) is 0 Å². The van der Waals surface area contributed by atoms with E-state index in [-0.39, 0.29) is 19.6 Å². The maximum absolute atomic E-state index is 11.0. The zero-order valence-electron chi connectivity index (χ0n) is 8.96. The van der Waals surface area contributed by atoms with Gasteiger partial charge in [-0.2, -0.15) is 0 Å². The first kappa shape index (κ1) is 15.2. The second kappa shape index (κ2) is 5.88. The molecule has 17 heavy (non-hydrogen) atoms. The Kier molecular flexibility index (Phi) is 5.27. The highest BCUT2D eigenvalue weighted by Crippen LogP contribution is 2.44. The number of ether oxygens (including phenoxy) is 1. The van der Waals surface area contributed by atoms with E-state index in [1.165, 1.54) is 0 Å². The predicted molar refractivity (Wildman–Crippen MR) is 54.1 cm³/mol. The van der Waals surface area contributed by atoms with Gasteiger partial charge in [0.1, 0.15) is 12.2 Å². The fourth-order valence-electron chi connectivity index (χ4n) is 1.30. The van der Waals surface area contributed by atoms with E-state index < -0.39 is 27.9 Å². The van der Waals surface area contributed by atoms with Gasteiger partial charge in [-0.05, 0) is 0 Å². The molecule has 1 rings (SSSR count). The van der Waals surface area contributed by atoms with Crippen molar-refractivity contribution in [3.8, 4) is 0 Å². The van der Waals surface area contributed by atoms with Crippen LogP contribution in [0.4, 0.5) is 0 Å². The lowest BCUT2D eigenvalue weighted by atomic mass is 10.2. The molecule has 1 saturated heterocycles. The van der Waals surface area contributed by atoms with E-state index in [4.69, 9.17) is 19.4 Å². The molecule has 0 aromatic rings. The third-order valence-electron chi connectivity index (χ3n) is 2.05. The Labute approximate surface area is 97.5 Å². The van der Waals surface area contributed by atoms with Crippen molar-refractivity contribution in [2.75, 3.05) is 20.3 Å². The Balaban J connectivity index is 2.47. The van der Waals surface area contributed by atoms with Gasteiger partial charge in [0.15, 0.2) is 0 Å². The molecule has 1 fully saturated rings. The highest BCUT2D eigenvalue weighted by molar-refractivity contribution is 7.47. The van der Waals surface area contributed by atoms with Crippen LogP contribution in [0.1, 0.15) is 6.42 Å². The van der Waals surface area contributed by atoms with Gasteiger partial charge in [0.2, 0.25) is 0 Å². The third-order valence-corrected chi connectivity index (χ3v) is 3.54. The highest BCUT2D eigenvalue weighted by Gasteiger charge is 2.36. The number of hydrogen-bond donors (Lipinski definition) is 3. The van der Waals surface area contributed by atoms with E-state index in [2.05, 4.69) is 13.6 Å². The second-order valence-electron chi connectivity index (χ2n) is 3.28. The highest BCUT2D eigenvalue weighted by atomic mass is 31.2. The van der Waals surface area contributed by atoms with Gasteiger partial charge >= 0.3 is 15.6 Å². The first-order valence-corrected chi connectivity index (χ1v) is 7.65. The number of phosphoric ester groups is 2. The fourth-order valence-corrected chi connectivity index (χ4v) is 2.34. The summed E-state index contributed by atoms with van der Waals surface area (Å²) in [6.45, 7) is -0.131. The van der Waals surface area contributed by atoms with Crippen molar-refractivity contribution in [2.24, 2.45) is 0 Å². The van der Waals surface area contributed by atoms with Crippen molar-refractivity contribution >= 4 is 15.6 Å². The molecule has 0 bridgehead atoms. The zero-order valence-corrected chi connectivity index (χ0v) is 10.8. The van der Waals surface area contributed by atoms with Crippen molar-refractivity contribution < 1.29 is 42.1 Å². The molecule has 1 aliphatic heterocycles. The Hall–Kier alpha value is 0.180. The number of rotatable bonds is 6. The van der Waals surface area contributed by atoms with Crippen LogP contribution in [0.15, 0.2) is 0 Å². The molecule has 0 amide bonds. The fraction of sp³-hybridized carbons (Fsp3) is 1.00. The Morgan fingerprint density at radius 2 is 2.00 bits per heavy atom. The second-order valence-corrected chi connectivity index (χ2v) is 6.03. The quantitative estimate of drug-likeness (QED) is 0.579. The summed E-state index contributed by atoms with van der Waals surface area (Å²) in [6, 6.07) is 0. The Bertz CT molecular complexity index is 338. The minimum Gasteiger partial charge on any atom is -0.373 e. The molecule has 0 spiro atoms. The monoisotopic (exact) mass is 292 g/mol. The van der Waals surface area contributed by atoms with Gasteiger partial charge < -0.3 is 19.4 Å². The summed E-state index contributed by atoms with van der Waals surface area (Å²) in [6.07, 6.45) is -1.44. The van der Waals surface area contributed by atoms with Crippen LogP contribution in [0.3, 0.4) is 0 Å². The molecular weight excluding hydrogens is 278 g/mol. The minimum atomic E-state index is -4.62. The van der Waals surface area contributed by atoms with E-state index in [1.807, 2.05) is 0 Å². The largest absolute Gasteiger partial charge is 0.472 e. The summed E-state index contributed by atoms with van der Waals surface area (Å²) in [5, 5.41) is 0. The molecule has 1 heterocycles. The van der Waals surface area contributed by atoms with Gasteiger partial charge in [0.25, 0.3) is 0 Å². The van der Waals surface area contributed by atoms with E-state index in [0.29, 0.717) is 0 Å². The van der Waals surface area contributed by atoms with Crippen molar-refractivity contribution in [3.05, 3.63) is 0 Å². The Morgan fingerprint density at radius 1 is 1.35 bits per heavy atom. The van der Waals surface area contributed by atoms with E-state index in [9.17, 15) is 9.13 Å². The Morgan fingerprint density at radius 3 is 2.53 bits per heavy atom. The average Bonchev–Trinajstić information content (AvgIpc) is 2.60. The molecule has 1 aliphatic rings. The molecule has 3 atom stereocenters. The molecule has 0 saturated carbocycles. The summed E-state index contributed by atoms with van der Waals surface area (Å²) in [5.41, 5.74) is 0. The van der Waals surface area contributed by atoms with Gasteiger partial charge in [-0.1, -0.05) is 0 Å². The van der Waals surface area contributed by atoms with Crippen LogP contribution in [-0.2, 0) is 27.4 Å². The molecule has 0 radical (unpaired) electrons. The minimum absolute atomic E-state index is 0.224. The number of hydrogen-bond acceptors (Lipinski definition) is 6. The SMILES string of the molecule is COP(=O)(O)OC[C@H]1OCCC1OP(=O)(O)O. The first-order chi connectivity index (χ1) is 7.73. The molecular formula is C6H14O9P2. The maximum atomic E-state index is 11.0. The normalized spacial score (nSPS) is 29.2. The van der Waals surface area contributed by atoms with Gasteiger partial charge in [0, 0.05) is 20.1 Å². The summed E-state index contributed by atoms with van der Waals surface area (Å²) < 4.78 is 39.9. The molecule has 9 nitrogen and oxygen atoms in total. The summed E-state index contributed by atoms with van der Waals surface area (Å²) in [7, 11) is -7.76. The van der Waals surface area contributed by atoms with Crippen LogP contribution in [-0.4, -0.2) is 47.2 Å². The molecule has 11 heteroatoms. The summed E-state index contributed by atoms with van der Waals surface area (Å²) in [5.74, 6) is 0. The predicted octanol–water partition coefficient (Wildman–Crippen LogP) is 0.0166. The molecule has 0 aliphatic carbocycles. The van der Waals surface area contributed by atoms with Gasteiger partial charge in [-0.3, -0.25) is 13.6 Å². The van der Waals surface area contributed by atoms with Gasteiger partial charge in [-0.25, -0.2) is 9.13 Å². The zero-order chi connectivity index (χ0) is 13.1. The van der Waals surface area contributed by atoms with Crippen molar-refractivity contribution in [2.45, 2.75) is 18.6 Å². The van der Waals surface area contributed by atoms with E-state index in [1.54, 1.807) is 0 Å². The molecule has 0 aromatic heterocycles. The van der Waals surface area contributed by atoms with Crippen LogP contribution >= 0.6 is 15.6 Å². The lowest BCUT2D eigenvalue weighted by Crippen LogP contribution is -2.28. The van der Waals surface area contributed by atoms with Crippen LogP contribution in [0.25, 0.3) is 0 Å². The smallest absolute Gasteiger partial charge is 0.373 e. The number of phosphoric acid groups is 2. The summed E-state index contributed by atoms with van der Waals surface area (Å²) >= 11 is 0. The molecule has 102 valence electrons. The first-order valence-electron chi connectivity index (χ1n) is 4.62. The van der Waals surface area contributed by atoms with Crippen molar-refractivity contribution in [1.82, 2.24) is 0 Å². The van der Waals surface area contributed by atoms with E-state index in [0.717, 1.165) is 7.11 Å². The van der Waals surface area contributed by atoms with Crippen LogP contribution in [0.2, 0.25) is 0 Å². The van der Waals surface area contributed by atoms with Crippen LogP contribution in [0.5, 0.6) is 0 Å². The van der Waals surface area contributed by atoms with Crippen molar-refractivity contribution in [3.63, 3.8) is 0 Å². The van der Waals surface area contributed by atoms with Crippen LogP contribution < -0.4 is 0 Å². The lowest BCUT2D eigenvalue weighted by molar-refractivity contribution is 0.00175. The lowest BCUT2D eigenvalue weighted by Gasteiger charge is -2.19. The van der Waals surface area contributed by atoms with Gasteiger partial charge in [-0.15, -0.1) is 0 Å². The maximum Gasteiger partial charge on any atom is 0.472 e. The molecule has 2 unspecified atom stereocenters. The molecule has 3 N–H and O–H groups in total. The molecule has 0 aromatic carbocycles. The van der Waals surface area contributed by atoms with E-state index >= 15 is 0 Å². The topological polar surface area (TPSA) is 132 Å². The van der Waals surface area contributed by atoms with Crippen LogP contribution in [0, 0.1) is 0 Å².